The Morgan fingerprint density at radius 1 is 0.722 bits per heavy atom. The minimum Gasteiger partial charge on any atom is -0.480 e. The zero-order chi connectivity index (χ0) is 29.0. The fourth-order valence-corrected chi connectivity index (χ4v) is 1.82. The number of rotatable bonds is 10. The van der Waals surface area contributed by atoms with Crippen LogP contribution in [-0.4, -0.2) is 80.2 Å². The van der Waals surface area contributed by atoms with Crippen LogP contribution in [-0.2, 0) is 25.6 Å². The van der Waals surface area contributed by atoms with E-state index in [9.17, 15) is 19.2 Å². The standard InChI is InChI=1S/C9H11NO2.C6H13NO2.C5H11NO2.C3H7NO3/c10-8(9(11)12)6-7-4-2-1-3-5-7;1-3-4(2)5(7)6(8)9;1-3(2)4(6)5(7)8;4-2(1-5)3(6)7/h1-5,8H,6,10H2,(H,11,12);4-5H,3,7H2,1-2H3,(H,8,9);3-4H,6H2,1-2H3,(H,7,8);2,5H,1,4H2,(H,6,7). The third kappa shape index (κ3) is 20.3. The Hall–Kier alpha value is -3.10. The summed E-state index contributed by atoms with van der Waals surface area (Å²) >= 11 is 0. The van der Waals surface area contributed by atoms with Gasteiger partial charge in [0.1, 0.15) is 24.2 Å². The molecule has 13 nitrogen and oxygen atoms in total. The Morgan fingerprint density at radius 2 is 1.14 bits per heavy atom. The molecule has 0 aromatic heterocycles. The second-order valence-corrected chi connectivity index (χ2v) is 8.12. The Morgan fingerprint density at radius 3 is 1.33 bits per heavy atom. The second kappa shape index (κ2) is 21.2. The predicted octanol–water partition coefficient (Wildman–Crippen LogP) is -0.470. The van der Waals surface area contributed by atoms with Crippen LogP contribution in [0.1, 0.15) is 39.7 Å². The molecule has 0 saturated heterocycles. The smallest absolute Gasteiger partial charge is 0.322 e. The van der Waals surface area contributed by atoms with Gasteiger partial charge in [-0.3, -0.25) is 19.2 Å². The van der Waals surface area contributed by atoms with E-state index in [1.165, 1.54) is 0 Å². The van der Waals surface area contributed by atoms with Crippen LogP contribution in [0.15, 0.2) is 30.3 Å². The number of benzene rings is 1. The second-order valence-electron chi connectivity index (χ2n) is 8.12. The zero-order valence-electron chi connectivity index (χ0n) is 21.2. The summed E-state index contributed by atoms with van der Waals surface area (Å²) in [5.41, 5.74) is 21.5. The number of aliphatic hydroxyl groups excluding tert-OH is 1. The maximum absolute atomic E-state index is 10.4. The minimum atomic E-state index is -1.18. The summed E-state index contributed by atoms with van der Waals surface area (Å²) in [4.78, 5) is 40.2. The van der Waals surface area contributed by atoms with Crippen molar-refractivity contribution >= 4 is 23.9 Å². The number of nitrogens with two attached hydrogens (primary N) is 4. The summed E-state index contributed by atoms with van der Waals surface area (Å²) in [6.45, 7) is 6.80. The molecule has 0 fully saturated rings. The van der Waals surface area contributed by atoms with E-state index in [4.69, 9.17) is 48.5 Å². The van der Waals surface area contributed by atoms with Gasteiger partial charge in [-0.15, -0.1) is 0 Å². The monoisotopic (exact) mass is 518 g/mol. The molecule has 0 radical (unpaired) electrons. The quantitative estimate of drug-likeness (QED) is 0.190. The normalized spacial score (nSPS) is 14.1. The topological polar surface area (TPSA) is 274 Å². The summed E-state index contributed by atoms with van der Waals surface area (Å²) in [6, 6.07) is 6.01. The number of carboxylic acids is 4. The molecule has 36 heavy (non-hydrogen) atoms. The first-order chi connectivity index (χ1) is 16.5. The highest BCUT2D eigenvalue weighted by molar-refractivity contribution is 5.74. The van der Waals surface area contributed by atoms with Gasteiger partial charge in [-0.25, -0.2) is 0 Å². The van der Waals surface area contributed by atoms with Crippen molar-refractivity contribution in [2.24, 2.45) is 34.8 Å². The van der Waals surface area contributed by atoms with E-state index in [-0.39, 0.29) is 11.8 Å². The van der Waals surface area contributed by atoms with Gasteiger partial charge in [0.05, 0.1) is 6.61 Å². The van der Waals surface area contributed by atoms with Gasteiger partial charge in [0, 0.05) is 0 Å². The molecule has 0 aliphatic heterocycles. The van der Waals surface area contributed by atoms with Crippen molar-refractivity contribution < 1.29 is 44.7 Å². The average molecular weight is 519 g/mol. The molecule has 0 saturated carbocycles. The van der Waals surface area contributed by atoms with Gasteiger partial charge in [-0.05, 0) is 23.8 Å². The van der Waals surface area contributed by atoms with E-state index in [0.717, 1.165) is 12.0 Å². The van der Waals surface area contributed by atoms with Crippen LogP contribution < -0.4 is 22.9 Å². The molecule has 208 valence electrons. The van der Waals surface area contributed by atoms with Gasteiger partial charge in [0.2, 0.25) is 0 Å². The van der Waals surface area contributed by atoms with Gasteiger partial charge in [0.15, 0.2) is 0 Å². The van der Waals surface area contributed by atoms with Crippen LogP contribution in [0.5, 0.6) is 0 Å². The molecule has 5 unspecified atom stereocenters. The van der Waals surface area contributed by atoms with Crippen molar-refractivity contribution in [1.29, 1.82) is 0 Å². The lowest BCUT2D eigenvalue weighted by Gasteiger charge is -2.11. The summed E-state index contributed by atoms with van der Waals surface area (Å²) in [6.07, 6.45) is 1.20. The molecule has 0 amide bonds. The molecule has 0 aliphatic carbocycles. The highest BCUT2D eigenvalue weighted by Gasteiger charge is 2.17. The summed E-state index contributed by atoms with van der Waals surface area (Å²) < 4.78 is 0. The van der Waals surface area contributed by atoms with Gasteiger partial charge >= 0.3 is 23.9 Å². The molecule has 5 atom stereocenters. The number of aliphatic hydroxyl groups is 1. The van der Waals surface area contributed by atoms with Crippen molar-refractivity contribution in [2.45, 2.75) is 64.7 Å². The van der Waals surface area contributed by atoms with Gasteiger partial charge < -0.3 is 48.5 Å². The van der Waals surface area contributed by atoms with Crippen molar-refractivity contribution in [3.63, 3.8) is 0 Å². The number of aliphatic carboxylic acids is 4. The Balaban J connectivity index is -0.000000414. The van der Waals surface area contributed by atoms with Gasteiger partial charge in [0.25, 0.3) is 0 Å². The minimum absolute atomic E-state index is 0.0208. The molecule has 13 heteroatoms. The van der Waals surface area contributed by atoms with E-state index in [1.54, 1.807) is 13.8 Å². The first kappa shape index (κ1) is 37.4. The lowest BCUT2D eigenvalue weighted by molar-refractivity contribution is -0.140. The molecular formula is C23H42N4O9. The molecule has 0 bridgehead atoms. The van der Waals surface area contributed by atoms with E-state index >= 15 is 0 Å². The van der Waals surface area contributed by atoms with Crippen LogP contribution in [0.25, 0.3) is 0 Å². The fraction of sp³-hybridized carbons (Fsp3) is 0.565. The van der Waals surface area contributed by atoms with Crippen molar-refractivity contribution in [3.05, 3.63) is 35.9 Å². The summed E-state index contributed by atoms with van der Waals surface area (Å²) in [5, 5.41) is 41.0. The highest BCUT2D eigenvalue weighted by Crippen LogP contribution is 2.04. The molecule has 0 spiro atoms. The molecule has 13 N–H and O–H groups in total. The Kier molecular flexibility index (Phi) is 22.1. The van der Waals surface area contributed by atoms with Crippen molar-refractivity contribution in [2.75, 3.05) is 6.61 Å². The molecule has 1 aromatic carbocycles. The third-order valence-corrected chi connectivity index (χ3v) is 4.68. The zero-order valence-corrected chi connectivity index (χ0v) is 21.2. The highest BCUT2D eigenvalue weighted by atomic mass is 16.4. The summed E-state index contributed by atoms with van der Waals surface area (Å²) in [5.74, 6) is -3.89. The number of carboxylic acid groups (broad SMARTS) is 4. The number of carbonyl (C=O) groups is 4. The van der Waals surface area contributed by atoms with Crippen molar-refractivity contribution in [3.8, 4) is 0 Å². The number of hydrogen-bond donors (Lipinski definition) is 9. The predicted molar refractivity (Wildman–Crippen MR) is 134 cm³/mol. The molecule has 1 aromatic rings. The SMILES string of the molecule is CC(C)C(N)C(=O)O.CCC(C)C(N)C(=O)O.NC(CO)C(=O)O.NC(Cc1ccccc1)C(=O)O. The average Bonchev–Trinajstić information content (AvgIpc) is 2.83. The van der Waals surface area contributed by atoms with Crippen LogP contribution in [0, 0.1) is 11.8 Å². The summed E-state index contributed by atoms with van der Waals surface area (Å²) in [7, 11) is 0. The fourth-order valence-electron chi connectivity index (χ4n) is 1.82. The Labute approximate surface area is 211 Å². The van der Waals surface area contributed by atoms with E-state index in [0.29, 0.717) is 6.42 Å². The third-order valence-electron chi connectivity index (χ3n) is 4.68. The molecule has 1 rings (SSSR count). The maximum atomic E-state index is 10.4. The van der Waals surface area contributed by atoms with Crippen molar-refractivity contribution in [1.82, 2.24) is 0 Å². The van der Waals surface area contributed by atoms with Gasteiger partial charge in [-0.2, -0.15) is 0 Å². The maximum Gasteiger partial charge on any atom is 0.322 e. The Bertz CT molecular complexity index is 763. The largest absolute Gasteiger partial charge is 0.480 e. The van der Waals surface area contributed by atoms with Crippen LogP contribution in [0.2, 0.25) is 0 Å². The van der Waals surface area contributed by atoms with E-state index < -0.39 is 54.7 Å². The van der Waals surface area contributed by atoms with Crippen LogP contribution in [0.3, 0.4) is 0 Å². The van der Waals surface area contributed by atoms with E-state index in [1.807, 2.05) is 44.2 Å². The van der Waals surface area contributed by atoms with Crippen LogP contribution >= 0.6 is 0 Å². The number of hydrogen-bond acceptors (Lipinski definition) is 9. The van der Waals surface area contributed by atoms with Crippen LogP contribution in [0.4, 0.5) is 0 Å². The first-order valence-electron chi connectivity index (χ1n) is 11.1. The van der Waals surface area contributed by atoms with Gasteiger partial charge in [-0.1, -0.05) is 64.4 Å². The lowest BCUT2D eigenvalue weighted by atomic mass is 10.0. The first-order valence-corrected chi connectivity index (χ1v) is 11.1. The molecular weight excluding hydrogens is 476 g/mol. The molecule has 0 aliphatic rings. The lowest BCUT2D eigenvalue weighted by Crippen LogP contribution is -2.36. The molecule has 0 heterocycles. The van der Waals surface area contributed by atoms with E-state index in [2.05, 4.69) is 0 Å².